The minimum atomic E-state index is -0.257. The Hall–Kier alpha value is -5.30. The van der Waals surface area contributed by atoms with Crippen LogP contribution < -0.4 is 0 Å². The zero-order chi connectivity index (χ0) is 34.6. The van der Waals surface area contributed by atoms with Crippen LogP contribution in [0.2, 0.25) is 0 Å². The summed E-state index contributed by atoms with van der Waals surface area (Å²) in [4.78, 5) is 20.7. The lowest BCUT2D eigenvalue weighted by Gasteiger charge is -2.28. The van der Waals surface area contributed by atoms with E-state index in [9.17, 15) is 5.11 Å². The number of phenols is 1. The van der Waals surface area contributed by atoms with Crippen molar-refractivity contribution in [2.45, 2.75) is 78.6 Å². The van der Waals surface area contributed by atoms with Gasteiger partial charge in [0.05, 0.1) is 33.6 Å². The van der Waals surface area contributed by atoms with Crippen LogP contribution in [0.25, 0.3) is 67.2 Å². The number of pyridine rings is 2. The first-order chi connectivity index (χ1) is 23.1. The van der Waals surface area contributed by atoms with E-state index in [1.807, 2.05) is 36.4 Å². The average molecular weight is 647 g/mol. The smallest absolute Gasteiger partial charge is 0.223 e. The lowest BCUT2D eigenvalue weighted by atomic mass is 9.78. The molecule has 8 aromatic rings. The van der Waals surface area contributed by atoms with E-state index in [2.05, 4.69) is 120 Å². The van der Waals surface area contributed by atoms with Crippen LogP contribution in [0.15, 0.2) is 84.9 Å². The van der Waals surface area contributed by atoms with Crippen molar-refractivity contribution in [2.24, 2.45) is 0 Å². The van der Waals surface area contributed by atoms with E-state index in [1.165, 1.54) is 0 Å². The molecule has 0 fully saturated rings. The maximum absolute atomic E-state index is 11.8. The third-order valence-electron chi connectivity index (χ3n) is 9.65. The molecule has 246 valence electrons. The predicted molar refractivity (Wildman–Crippen MR) is 201 cm³/mol. The molecule has 5 heterocycles. The van der Waals surface area contributed by atoms with E-state index in [1.54, 1.807) is 0 Å². The quantitative estimate of drug-likeness (QED) is 0.202. The number of benzene rings is 3. The number of para-hydroxylation sites is 3. The van der Waals surface area contributed by atoms with E-state index in [-0.39, 0.29) is 22.0 Å². The Morgan fingerprint density at radius 3 is 1.88 bits per heavy atom. The number of fused-ring (bicyclic) bond motifs is 10. The lowest BCUT2D eigenvalue weighted by Crippen LogP contribution is -2.17. The van der Waals surface area contributed by atoms with Crippen LogP contribution in [-0.2, 0) is 16.2 Å². The molecule has 3 aromatic carbocycles. The van der Waals surface area contributed by atoms with Gasteiger partial charge in [-0.15, -0.1) is 0 Å². The van der Waals surface area contributed by atoms with E-state index in [0.29, 0.717) is 0 Å². The Balaban J connectivity index is 1.42. The van der Waals surface area contributed by atoms with Crippen molar-refractivity contribution >= 4 is 44.5 Å². The van der Waals surface area contributed by atoms with E-state index in [4.69, 9.17) is 19.9 Å². The monoisotopic (exact) mass is 646 g/mol. The molecule has 1 N–H and O–H groups in total. The third kappa shape index (κ3) is 4.94. The van der Waals surface area contributed by atoms with Gasteiger partial charge in [-0.1, -0.05) is 92.6 Å². The van der Waals surface area contributed by atoms with Crippen molar-refractivity contribution in [3.05, 3.63) is 102 Å². The molecule has 8 rings (SSSR count). The second kappa shape index (κ2) is 10.3. The Bertz CT molecular complexity index is 2620. The standard InChI is InChI=1S/C42H42N6O/c1-40(2,3)24-20-27(36(49)28(21-24)42(7,8)9)32-22-25(41(4,5)6)23-33(43-32)29-18-19-31-38(44-29)48-37(45-31)26-14-10-12-16-34(26)47-35-17-13-11-15-30(35)46-39(47)48/h10-23,49H,1-9H3. The number of hydrogen-bond donors (Lipinski definition) is 1. The van der Waals surface area contributed by atoms with Crippen molar-refractivity contribution < 1.29 is 5.11 Å². The van der Waals surface area contributed by atoms with Gasteiger partial charge in [0.1, 0.15) is 11.3 Å². The molecule has 0 saturated carbocycles. The molecular weight excluding hydrogens is 605 g/mol. The number of nitrogens with zero attached hydrogens (tertiary/aromatic N) is 6. The highest BCUT2D eigenvalue weighted by Crippen LogP contribution is 2.43. The lowest BCUT2D eigenvalue weighted by molar-refractivity contribution is 0.446. The first-order valence-electron chi connectivity index (χ1n) is 17.0. The summed E-state index contributed by atoms with van der Waals surface area (Å²) in [5.41, 5.74) is 10.9. The molecule has 0 aliphatic rings. The number of aromatic nitrogens is 6. The zero-order valence-electron chi connectivity index (χ0n) is 29.7. The average Bonchev–Trinajstić information content (AvgIpc) is 3.62. The molecule has 7 heteroatoms. The van der Waals surface area contributed by atoms with E-state index < -0.39 is 0 Å². The fourth-order valence-electron chi connectivity index (χ4n) is 6.80. The Kier molecular flexibility index (Phi) is 6.55. The van der Waals surface area contributed by atoms with Gasteiger partial charge in [-0.2, -0.15) is 0 Å². The number of aromatic hydroxyl groups is 1. The normalized spacial score (nSPS) is 13.1. The topological polar surface area (TPSA) is 80.6 Å². The van der Waals surface area contributed by atoms with Crippen LogP contribution in [0.3, 0.4) is 0 Å². The molecule has 0 bridgehead atoms. The van der Waals surface area contributed by atoms with Gasteiger partial charge in [0.2, 0.25) is 5.78 Å². The Morgan fingerprint density at radius 2 is 1.16 bits per heavy atom. The summed E-state index contributed by atoms with van der Waals surface area (Å²) in [6, 6.07) is 29.1. The fraction of sp³-hybridized carbons (Fsp3) is 0.286. The van der Waals surface area contributed by atoms with Crippen LogP contribution in [-0.4, -0.2) is 33.8 Å². The largest absolute Gasteiger partial charge is 0.507 e. The molecule has 0 spiro atoms. The van der Waals surface area contributed by atoms with Crippen LogP contribution in [0.1, 0.15) is 79.0 Å². The van der Waals surface area contributed by atoms with Gasteiger partial charge < -0.3 is 5.11 Å². The van der Waals surface area contributed by atoms with Crippen molar-refractivity contribution in [1.29, 1.82) is 0 Å². The second-order valence-corrected chi connectivity index (χ2v) is 16.4. The molecule has 0 aliphatic heterocycles. The Labute approximate surface area is 286 Å². The van der Waals surface area contributed by atoms with E-state index in [0.717, 1.165) is 83.9 Å². The summed E-state index contributed by atoms with van der Waals surface area (Å²) >= 11 is 0. The van der Waals surface area contributed by atoms with Gasteiger partial charge >= 0.3 is 0 Å². The highest BCUT2D eigenvalue weighted by Gasteiger charge is 2.27. The SMILES string of the molecule is CC(C)(C)c1cc(-c2ccc3nc4c5ccccc5n5c6ccccc6nc5n4c3n2)nc(-c2cc(C(C)(C)C)cc(C(C)(C)C)c2O)c1. The third-order valence-corrected chi connectivity index (χ3v) is 9.65. The van der Waals surface area contributed by atoms with Gasteiger partial charge in [-0.05, 0) is 82.0 Å². The first-order valence-corrected chi connectivity index (χ1v) is 17.0. The minimum absolute atomic E-state index is 0.115. The minimum Gasteiger partial charge on any atom is -0.507 e. The maximum atomic E-state index is 11.8. The second-order valence-electron chi connectivity index (χ2n) is 16.4. The van der Waals surface area contributed by atoms with Crippen LogP contribution in [0.4, 0.5) is 0 Å². The van der Waals surface area contributed by atoms with Crippen molar-refractivity contribution in [2.75, 3.05) is 0 Å². The van der Waals surface area contributed by atoms with Gasteiger partial charge in [-0.3, -0.25) is 4.40 Å². The van der Waals surface area contributed by atoms with Gasteiger partial charge in [0.15, 0.2) is 11.3 Å². The molecular formula is C42H42N6O. The molecule has 0 amide bonds. The molecule has 49 heavy (non-hydrogen) atoms. The summed E-state index contributed by atoms with van der Waals surface area (Å²) < 4.78 is 4.27. The van der Waals surface area contributed by atoms with Gasteiger partial charge in [0.25, 0.3) is 0 Å². The number of hydrogen-bond acceptors (Lipinski definition) is 5. The summed E-state index contributed by atoms with van der Waals surface area (Å²) in [5.74, 6) is 1.04. The molecule has 5 aromatic heterocycles. The predicted octanol–water partition coefficient (Wildman–Crippen LogP) is 10.2. The van der Waals surface area contributed by atoms with E-state index >= 15 is 0 Å². The molecule has 7 nitrogen and oxygen atoms in total. The summed E-state index contributed by atoms with van der Waals surface area (Å²) in [6.07, 6.45) is 0. The van der Waals surface area contributed by atoms with Crippen LogP contribution >= 0.6 is 0 Å². The highest BCUT2D eigenvalue weighted by molar-refractivity contribution is 6.01. The van der Waals surface area contributed by atoms with Crippen molar-refractivity contribution in [3.8, 4) is 28.4 Å². The number of phenolic OH excluding ortho intramolecular Hbond substituents is 1. The van der Waals surface area contributed by atoms with Gasteiger partial charge in [-0.25, -0.2) is 24.3 Å². The number of imidazole rings is 2. The maximum Gasteiger partial charge on any atom is 0.223 e. The summed E-state index contributed by atoms with van der Waals surface area (Å²) in [5, 5.41) is 12.9. The van der Waals surface area contributed by atoms with Crippen LogP contribution in [0.5, 0.6) is 5.75 Å². The summed E-state index contributed by atoms with van der Waals surface area (Å²) in [7, 11) is 0. The molecule has 0 radical (unpaired) electrons. The fourth-order valence-corrected chi connectivity index (χ4v) is 6.80. The van der Waals surface area contributed by atoms with Crippen molar-refractivity contribution in [3.63, 3.8) is 0 Å². The summed E-state index contributed by atoms with van der Waals surface area (Å²) in [6.45, 7) is 19.6. The Morgan fingerprint density at radius 1 is 0.510 bits per heavy atom. The first kappa shape index (κ1) is 31.0. The van der Waals surface area contributed by atoms with Gasteiger partial charge in [0, 0.05) is 16.5 Å². The highest BCUT2D eigenvalue weighted by atomic mass is 16.3. The molecule has 0 atom stereocenters. The zero-order valence-corrected chi connectivity index (χ0v) is 29.7. The van der Waals surface area contributed by atoms with Crippen LogP contribution in [0, 0.1) is 0 Å². The molecule has 0 unspecified atom stereocenters. The van der Waals surface area contributed by atoms with Crippen molar-refractivity contribution in [1.82, 2.24) is 28.7 Å². The number of rotatable bonds is 2. The molecule has 0 aliphatic carbocycles. The molecule has 0 saturated heterocycles.